The molecule has 106 valence electrons. The number of primary amides is 1. The van der Waals surface area contributed by atoms with Crippen molar-refractivity contribution in [3.05, 3.63) is 11.9 Å². The Morgan fingerprint density at radius 2 is 2.11 bits per heavy atom. The molecule has 6 nitrogen and oxygen atoms in total. The van der Waals surface area contributed by atoms with E-state index in [0.717, 1.165) is 36.8 Å². The monoisotopic (exact) mass is 265 g/mol. The van der Waals surface area contributed by atoms with Crippen LogP contribution in [0.15, 0.2) is 6.07 Å². The van der Waals surface area contributed by atoms with Crippen LogP contribution in [0.3, 0.4) is 0 Å². The Bertz CT molecular complexity index is 421. The Kier molecular flexibility index (Phi) is 6.05. The summed E-state index contributed by atoms with van der Waals surface area (Å²) in [6.45, 7) is 7.78. The molecule has 0 unspecified atom stereocenters. The van der Waals surface area contributed by atoms with Gasteiger partial charge in [0, 0.05) is 25.6 Å². The average molecular weight is 265 g/mol. The number of anilines is 2. The highest BCUT2D eigenvalue weighted by Crippen LogP contribution is 2.16. The molecule has 0 fully saturated rings. The van der Waals surface area contributed by atoms with Crippen molar-refractivity contribution in [3.63, 3.8) is 0 Å². The van der Waals surface area contributed by atoms with E-state index in [1.807, 2.05) is 24.8 Å². The molecule has 1 heterocycles. The van der Waals surface area contributed by atoms with Gasteiger partial charge >= 0.3 is 0 Å². The first-order valence-corrected chi connectivity index (χ1v) is 6.75. The van der Waals surface area contributed by atoms with Gasteiger partial charge in [0.2, 0.25) is 5.91 Å². The molecular weight excluding hydrogens is 242 g/mol. The fourth-order valence-electron chi connectivity index (χ4n) is 1.69. The number of aryl methyl sites for hydroxylation is 1. The summed E-state index contributed by atoms with van der Waals surface area (Å²) in [6.07, 6.45) is 1.78. The molecule has 0 bridgehead atoms. The van der Waals surface area contributed by atoms with Gasteiger partial charge in [-0.1, -0.05) is 13.8 Å². The predicted octanol–water partition coefficient (Wildman–Crippen LogP) is 1.17. The second-order valence-corrected chi connectivity index (χ2v) is 4.29. The molecule has 1 amide bonds. The SMILES string of the molecule is CCCNc1cc(N(CC)CC(N)=O)nc(CC)n1. The molecule has 1 rings (SSSR count). The number of nitrogens with one attached hydrogen (secondary N) is 1. The number of hydrogen-bond donors (Lipinski definition) is 2. The van der Waals surface area contributed by atoms with Crippen molar-refractivity contribution < 1.29 is 4.79 Å². The lowest BCUT2D eigenvalue weighted by atomic mass is 10.3. The predicted molar refractivity (Wildman–Crippen MR) is 77.3 cm³/mol. The van der Waals surface area contributed by atoms with Gasteiger partial charge in [0.1, 0.15) is 17.5 Å². The van der Waals surface area contributed by atoms with Gasteiger partial charge in [-0.15, -0.1) is 0 Å². The van der Waals surface area contributed by atoms with E-state index in [1.165, 1.54) is 0 Å². The van der Waals surface area contributed by atoms with Gasteiger partial charge in [-0.3, -0.25) is 4.79 Å². The summed E-state index contributed by atoms with van der Waals surface area (Å²) in [4.78, 5) is 21.8. The molecule has 19 heavy (non-hydrogen) atoms. The molecule has 0 aromatic carbocycles. The van der Waals surface area contributed by atoms with Crippen molar-refractivity contribution in [1.29, 1.82) is 0 Å². The summed E-state index contributed by atoms with van der Waals surface area (Å²) in [7, 11) is 0. The van der Waals surface area contributed by atoms with E-state index in [0.29, 0.717) is 6.54 Å². The lowest BCUT2D eigenvalue weighted by Gasteiger charge is -2.21. The Hall–Kier alpha value is -1.85. The number of carbonyl (C=O) groups is 1. The maximum Gasteiger partial charge on any atom is 0.236 e. The van der Waals surface area contributed by atoms with Crippen LogP contribution < -0.4 is 16.0 Å². The summed E-state index contributed by atoms with van der Waals surface area (Å²) in [5.41, 5.74) is 5.26. The Labute approximate surface area is 114 Å². The van der Waals surface area contributed by atoms with E-state index in [-0.39, 0.29) is 12.5 Å². The fraction of sp³-hybridized carbons (Fsp3) is 0.615. The maximum atomic E-state index is 11.1. The number of aromatic nitrogens is 2. The number of nitrogens with two attached hydrogens (primary N) is 1. The van der Waals surface area contributed by atoms with Gasteiger partial charge in [0.25, 0.3) is 0 Å². The minimum absolute atomic E-state index is 0.171. The summed E-state index contributed by atoms with van der Waals surface area (Å²) < 4.78 is 0. The van der Waals surface area contributed by atoms with Crippen LogP contribution in [0.2, 0.25) is 0 Å². The first-order valence-electron chi connectivity index (χ1n) is 6.75. The fourth-order valence-corrected chi connectivity index (χ4v) is 1.69. The van der Waals surface area contributed by atoms with Crippen molar-refractivity contribution in [2.75, 3.05) is 29.9 Å². The Balaban J connectivity index is 2.99. The molecule has 0 atom stereocenters. The number of carbonyl (C=O) groups excluding carboxylic acids is 1. The quantitative estimate of drug-likeness (QED) is 0.737. The molecule has 6 heteroatoms. The molecule has 0 aliphatic heterocycles. The van der Waals surface area contributed by atoms with E-state index in [9.17, 15) is 4.79 Å². The number of likely N-dealkylation sites (N-methyl/N-ethyl adjacent to an activating group) is 1. The number of rotatable bonds is 8. The van der Waals surface area contributed by atoms with Gasteiger partial charge in [0.15, 0.2) is 0 Å². The van der Waals surface area contributed by atoms with Gasteiger partial charge in [-0.05, 0) is 13.3 Å². The van der Waals surface area contributed by atoms with Crippen molar-refractivity contribution in [1.82, 2.24) is 9.97 Å². The van der Waals surface area contributed by atoms with Crippen LogP contribution in [-0.2, 0) is 11.2 Å². The summed E-state index contributed by atoms with van der Waals surface area (Å²) in [6, 6.07) is 1.86. The molecule has 0 radical (unpaired) electrons. The minimum Gasteiger partial charge on any atom is -0.370 e. The normalized spacial score (nSPS) is 10.3. The zero-order valence-electron chi connectivity index (χ0n) is 11.9. The van der Waals surface area contributed by atoms with Crippen LogP contribution in [0.5, 0.6) is 0 Å². The zero-order valence-corrected chi connectivity index (χ0v) is 11.9. The third kappa shape index (κ3) is 4.73. The lowest BCUT2D eigenvalue weighted by molar-refractivity contribution is -0.116. The molecule has 1 aromatic rings. The average Bonchev–Trinajstić information content (AvgIpc) is 2.41. The smallest absolute Gasteiger partial charge is 0.236 e. The van der Waals surface area contributed by atoms with Crippen molar-refractivity contribution in [2.24, 2.45) is 5.73 Å². The van der Waals surface area contributed by atoms with Crippen LogP contribution in [-0.4, -0.2) is 35.5 Å². The Morgan fingerprint density at radius 1 is 1.37 bits per heavy atom. The summed E-state index contributed by atoms with van der Waals surface area (Å²) in [5.74, 6) is 1.94. The summed E-state index contributed by atoms with van der Waals surface area (Å²) >= 11 is 0. The van der Waals surface area contributed by atoms with E-state index in [1.54, 1.807) is 0 Å². The second-order valence-electron chi connectivity index (χ2n) is 4.29. The number of amides is 1. The topological polar surface area (TPSA) is 84.1 Å². The van der Waals surface area contributed by atoms with Gasteiger partial charge < -0.3 is 16.0 Å². The molecule has 3 N–H and O–H groups in total. The van der Waals surface area contributed by atoms with Gasteiger partial charge in [-0.2, -0.15) is 0 Å². The van der Waals surface area contributed by atoms with E-state index in [4.69, 9.17) is 5.73 Å². The molecule has 0 aliphatic rings. The van der Waals surface area contributed by atoms with E-state index < -0.39 is 0 Å². The first kappa shape index (κ1) is 15.2. The van der Waals surface area contributed by atoms with Gasteiger partial charge in [0.05, 0.1) is 6.54 Å². The number of nitrogens with zero attached hydrogens (tertiary/aromatic N) is 3. The van der Waals surface area contributed by atoms with E-state index in [2.05, 4.69) is 22.2 Å². The number of hydrogen-bond acceptors (Lipinski definition) is 5. The minimum atomic E-state index is -0.360. The molecule has 0 saturated carbocycles. The molecule has 0 aliphatic carbocycles. The zero-order chi connectivity index (χ0) is 14.3. The first-order chi connectivity index (χ1) is 9.10. The highest BCUT2D eigenvalue weighted by molar-refractivity contribution is 5.79. The van der Waals surface area contributed by atoms with Gasteiger partial charge in [-0.25, -0.2) is 9.97 Å². The highest BCUT2D eigenvalue weighted by Gasteiger charge is 2.11. The van der Waals surface area contributed by atoms with E-state index >= 15 is 0 Å². The largest absolute Gasteiger partial charge is 0.370 e. The van der Waals surface area contributed by atoms with Crippen LogP contribution in [0, 0.1) is 0 Å². The van der Waals surface area contributed by atoms with Crippen molar-refractivity contribution >= 4 is 17.5 Å². The molecule has 0 spiro atoms. The lowest BCUT2D eigenvalue weighted by Crippen LogP contribution is -2.34. The molecule has 0 saturated heterocycles. The van der Waals surface area contributed by atoms with Crippen LogP contribution >= 0.6 is 0 Å². The maximum absolute atomic E-state index is 11.1. The third-order valence-corrected chi connectivity index (χ3v) is 2.68. The van der Waals surface area contributed by atoms with Crippen LogP contribution in [0.25, 0.3) is 0 Å². The van der Waals surface area contributed by atoms with Crippen LogP contribution in [0.1, 0.15) is 33.0 Å². The van der Waals surface area contributed by atoms with Crippen molar-refractivity contribution in [3.8, 4) is 0 Å². The Morgan fingerprint density at radius 3 is 2.63 bits per heavy atom. The standard InChI is InChI=1S/C13H23N5O/c1-4-7-15-12-8-13(17-11(5-2)16-12)18(6-3)9-10(14)19/h8H,4-7,9H2,1-3H3,(H2,14,19)(H,15,16,17). The third-order valence-electron chi connectivity index (χ3n) is 2.68. The highest BCUT2D eigenvalue weighted by atomic mass is 16.1. The summed E-state index contributed by atoms with van der Waals surface area (Å²) in [5, 5.41) is 3.25. The van der Waals surface area contributed by atoms with Crippen molar-refractivity contribution in [2.45, 2.75) is 33.6 Å². The van der Waals surface area contributed by atoms with Crippen LogP contribution in [0.4, 0.5) is 11.6 Å². The second kappa shape index (κ2) is 7.56. The molecule has 1 aromatic heterocycles. The molecular formula is C13H23N5O.